The van der Waals surface area contributed by atoms with Gasteiger partial charge in [-0.3, -0.25) is 10.1 Å². The standard InChI is InChI=1S/C14H17N3O3S3/c1-9(2)23(19,20)17-5-3-11-12(7-17)22-14(15-11)16-13(18)10-4-6-21-8-10/h4,6,8-9H,3,5,7H2,1-2H3,(H,15,16,18). The number of thiazole rings is 1. The molecule has 1 aliphatic rings. The fraction of sp³-hybridized carbons (Fsp3) is 0.429. The van der Waals surface area contributed by atoms with Gasteiger partial charge in [-0.2, -0.15) is 15.6 Å². The van der Waals surface area contributed by atoms with E-state index in [-0.39, 0.29) is 5.91 Å². The van der Waals surface area contributed by atoms with Gasteiger partial charge in [0.2, 0.25) is 10.0 Å². The van der Waals surface area contributed by atoms with Gasteiger partial charge in [0.1, 0.15) is 0 Å². The minimum atomic E-state index is -3.27. The van der Waals surface area contributed by atoms with Crippen molar-refractivity contribution in [2.75, 3.05) is 11.9 Å². The van der Waals surface area contributed by atoms with Gasteiger partial charge in [0, 0.05) is 29.8 Å². The highest BCUT2D eigenvalue weighted by Crippen LogP contribution is 2.30. The molecule has 0 radical (unpaired) electrons. The van der Waals surface area contributed by atoms with Crippen LogP contribution in [0.1, 0.15) is 34.8 Å². The Morgan fingerprint density at radius 3 is 2.87 bits per heavy atom. The fourth-order valence-corrected chi connectivity index (χ4v) is 5.29. The molecule has 0 unspecified atom stereocenters. The summed E-state index contributed by atoms with van der Waals surface area (Å²) in [6.45, 7) is 4.14. The summed E-state index contributed by atoms with van der Waals surface area (Å²) in [5.41, 5.74) is 1.48. The first-order chi connectivity index (χ1) is 10.9. The molecule has 9 heteroatoms. The molecule has 1 amide bonds. The lowest BCUT2D eigenvalue weighted by atomic mass is 10.2. The molecular weight excluding hydrogens is 354 g/mol. The second-order valence-electron chi connectivity index (χ2n) is 5.53. The summed E-state index contributed by atoms with van der Waals surface area (Å²) >= 11 is 2.81. The summed E-state index contributed by atoms with van der Waals surface area (Å²) in [6.07, 6.45) is 0.576. The van der Waals surface area contributed by atoms with Crippen LogP contribution >= 0.6 is 22.7 Å². The zero-order valence-corrected chi connectivity index (χ0v) is 15.2. The van der Waals surface area contributed by atoms with Gasteiger partial charge in [0.05, 0.1) is 16.5 Å². The predicted octanol–water partition coefficient (Wildman–Crippen LogP) is 2.55. The molecule has 3 rings (SSSR count). The monoisotopic (exact) mass is 371 g/mol. The van der Waals surface area contributed by atoms with E-state index in [0.29, 0.717) is 30.2 Å². The first-order valence-corrected chi connectivity index (χ1v) is 10.5. The van der Waals surface area contributed by atoms with Gasteiger partial charge in [-0.15, -0.1) is 11.3 Å². The van der Waals surface area contributed by atoms with E-state index in [1.165, 1.54) is 27.0 Å². The van der Waals surface area contributed by atoms with Crippen LogP contribution in [0.3, 0.4) is 0 Å². The van der Waals surface area contributed by atoms with Gasteiger partial charge >= 0.3 is 0 Å². The highest BCUT2D eigenvalue weighted by molar-refractivity contribution is 7.89. The maximum absolute atomic E-state index is 12.3. The number of anilines is 1. The average molecular weight is 372 g/mol. The maximum Gasteiger partial charge on any atom is 0.258 e. The number of nitrogens with zero attached hydrogens (tertiary/aromatic N) is 2. The molecule has 6 nitrogen and oxygen atoms in total. The van der Waals surface area contributed by atoms with Crippen molar-refractivity contribution in [1.82, 2.24) is 9.29 Å². The Morgan fingerprint density at radius 1 is 1.43 bits per heavy atom. The molecule has 0 spiro atoms. The van der Waals surface area contributed by atoms with Crippen molar-refractivity contribution in [3.05, 3.63) is 33.0 Å². The quantitative estimate of drug-likeness (QED) is 0.896. The molecule has 0 bridgehead atoms. The van der Waals surface area contributed by atoms with Crippen molar-refractivity contribution in [1.29, 1.82) is 0 Å². The molecule has 0 saturated heterocycles. The van der Waals surface area contributed by atoms with Crippen LogP contribution in [0.4, 0.5) is 5.13 Å². The van der Waals surface area contributed by atoms with Crippen molar-refractivity contribution in [3.8, 4) is 0 Å². The van der Waals surface area contributed by atoms with Crippen molar-refractivity contribution in [3.63, 3.8) is 0 Å². The second-order valence-corrected chi connectivity index (χ2v) is 9.89. The average Bonchev–Trinajstić information content (AvgIpc) is 3.15. The number of fused-ring (bicyclic) bond motifs is 1. The second kappa shape index (κ2) is 6.31. The molecule has 0 saturated carbocycles. The predicted molar refractivity (Wildman–Crippen MR) is 92.6 cm³/mol. The lowest BCUT2D eigenvalue weighted by Crippen LogP contribution is -2.39. The molecule has 0 aliphatic carbocycles. The van der Waals surface area contributed by atoms with E-state index in [2.05, 4.69) is 10.3 Å². The number of rotatable bonds is 4. The summed E-state index contributed by atoms with van der Waals surface area (Å²) in [5, 5.41) is 6.49. The number of nitrogens with one attached hydrogen (secondary N) is 1. The van der Waals surface area contributed by atoms with Crippen LogP contribution in [0.25, 0.3) is 0 Å². The van der Waals surface area contributed by atoms with Crippen LogP contribution in [0, 0.1) is 0 Å². The fourth-order valence-electron chi connectivity index (χ4n) is 2.30. The Labute approximate surface area is 143 Å². The van der Waals surface area contributed by atoms with E-state index in [1.54, 1.807) is 25.3 Å². The molecular formula is C14H17N3O3S3. The van der Waals surface area contributed by atoms with Crippen LogP contribution in [0.2, 0.25) is 0 Å². The zero-order valence-electron chi connectivity index (χ0n) is 12.8. The number of carbonyl (C=O) groups excluding carboxylic acids is 1. The van der Waals surface area contributed by atoms with E-state index in [1.807, 2.05) is 5.38 Å². The third-order valence-electron chi connectivity index (χ3n) is 3.66. The van der Waals surface area contributed by atoms with Crippen LogP contribution in [-0.4, -0.2) is 35.4 Å². The molecule has 2 aromatic heterocycles. The third-order valence-corrected chi connectivity index (χ3v) is 7.56. The Hall–Kier alpha value is -1.29. The van der Waals surface area contributed by atoms with E-state index < -0.39 is 15.3 Å². The SMILES string of the molecule is CC(C)S(=O)(=O)N1CCc2nc(NC(=O)c3ccsc3)sc2C1. The first kappa shape index (κ1) is 16.6. The van der Waals surface area contributed by atoms with Gasteiger partial charge < -0.3 is 0 Å². The van der Waals surface area contributed by atoms with Crippen molar-refractivity contribution < 1.29 is 13.2 Å². The summed E-state index contributed by atoms with van der Waals surface area (Å²) in [7, 11) is -3.27. The van der Waals surface area contributed by atoms with Gasteiger partial charge in [-0.05, 0) is 25.3 Å². The minimum Gasteiger partial charge on any atom is -0.298 e. The summed E-state index contributed by atoms with van der Waals surface area (Å²) < 4.78 is 26.1. The van der Waals surface area contributed by atoms with E-state index in [0.717, 1.165) is 10.6 Å². The van der Waals surface area contributed by atoms with Gasteiger partial charge in [-0.1, -0.05) is 0 Å². The summed E-state index contributed by atoms with van der Waals surface area (Å²) in [4.78, 5) is 17.4. The third kappa shape index (κ3) is 3.32. The molecule has 1 N–H and O–H groups in total. The van der Waals surface area contributed by atoms with Gasteiger partial charge in [0.15, 0.2) is 5.13 Å². The largest absolute Gasteiger partial charge is 0.298 e. The molecule has 0 atom stereocenters. The van der Waals surface area contributed by atoms with Crippen molar-refractivity contribution in [2.45, 2.75) is 32.1 Å². The van der Waals surface area contributed by atoms with E-state index >= 15 is 0 Å². The number of aromatic nitrogens is 1. The Balaban J connectivity index is 1.75. The highest BCUT2D eigenvalue weighted by atomic mass is 32.2. The molecule has 0 aromatic carbocycles. The van der Waals surface area contributed by atoms with Crippen molar-refractivity contribution >= 4 is 43.7 Å². The normalized spacial score (nSPS) is 15.6. The molecule has 2 aromatic rings. The van der Waals surface area contributed by atoms with Crippen LogP contribution < -0.4 is 5.32 Å². The molecule has 23 heavy (non-hydrogen) atoms. The molecule has 124 valence electrons. The molecule has 1 aliphatic heterocycles. The number of hydrogen-bond acceptors (Lipinski definition) is 6. The smallest absolute Gasteiger partial charge is 0.258 e. The number of sulfonamides is 1. The van der Waals surface area contributed by atoms with Crippen LogP contribution in [0.15, 0.2) is 16.8 Å². The molecule has 3 heterocycles. The first-order valence-electron chi connectivity index (χ1n) is 7.19. The summed E-state index contributed by atoms with van der Waals surface area (Å²) in [6, 6.07) is 1.75. The van der Waals surface area contributed by atoms with E-state index in [9.17, 15) is 13.2 Å². The maximum atomic E-state index is 12.3. The number of amides is 1. The number of hydrogen-bond donors (Lipinski definition) is 1. The van der Waals surface area contributed by atoms with Crippen LogP contribution in [-0.2, 0) is 23.0 Å². The number of carbonyl (C=O) groups is 1. The summed E-state index contributed by atoms with van der Waals surface area (Å²) in [5.74, 6) is -0.191. The Kier molecular flexibility index (Phi) is 4.54. The number of thiophene rings is 1. The lowest BCUT2D eigenvalue weighted by Gasteiger charge is -2.26. The minimum absolute atomic E-state index is 0.191. The Morgan fingerprint density at radius 2 is 2.22 bits per heavy atom. The van der Waals surface area contributed by atoms with Gasteiger partial charge in [-0.25, -0.2) is 13.4 Å². The lowest BCUT2D eigenvalue weighted by molar-refractivity contribution is 0.102. The van der Waals surface area contributed by atoms with Crippen molar-refractivity contribution in [2.24, 2.45) is 0 Å². The topological polar surface area (TPSA) is 79.4 Å². The Bertz CT molecular complexity index is 810. The highest BCUT2D eigenvalue weighted by Gasteiger charge is 2.31. The van der Waals surface area contributed by atoms with E-state index in [4.69, 9.17) is 0 Å². The van der Waals surface area contributed by atoms with Crippen LogP contribution in [0.5, 0.6) is 0 Å². The zero-order chi connectivity index (χ0) is 16.6. The molecule has 0 fully saturated rings. The van der Waals surface area contributed by atoms with Gasteiger partial charge in [0.25, 0.3) is 5.91 Å².